The second kappa shape index (κ2) is 11.5. The molecule has 0 fully saturated rings. The van der Waals surface area contributed by atoms with Gasteiger partial charge in [0, 0.05) is 35.6 Å². The lowest BCUT2D eigenvalue weighted by atomic mass is 9.93. The smallest absolute Gasteiger partial charge is 0.258 e. The number of nitrogens with one attached hydrogen (secondary N) is 2. The van der Waals surface area contributed by atoms with Crippen molar-refractivity contribution in [1.82, 2.24) is 15.3 Å². The third-order valence-electron chi connectivity index (χ3n) is 6.18. The number of amides is 2. The van der Waals surface area contributed by atoms with Gasteiger partial charge in [-0.25, -0.2) is 4.98 Å². The lowest BCUT2D eigenvalue weighted by Crippen LogP contribution is -2.38. The van der Waals surface area contributed by atoms with Crippen molar-refractivity contribution in [3.63, 3.8) is 0 Å². The minimum Gasteiger partial charge on any atom is -0.507 e. The molecule has 39 heavy (non-hydrogen) atoms. The molecule has 9 heteroatoms. The van der Waals surface area contributed by atoms with Gasteiger partial charge in [-0.1, -0.05) is 38.1 Å². The van der Waals surface area contributed by atoms with Crippen molar-refractivity contribution in [2.45, 2.75) is 13.8 Å². The molecule has 4 rings (SSSR count). The number of phenolic OH excluding ortho intramolecular Hbond substituents is 1. The fourth-order valence-electron chi connectivity index (χ4n) is 3.80. The Morgan fingerprint density at radius 2 is 1.77 bits per heavy atom. The van der Waals surface area contributed by atoms with Crippen molar-refractivity contribution >= 4 is 17.6 Å². The van der Waals surface area contributed by atoms with Gasteiger partial charge in [0.2, 0.25) is 0 Å². The largest absolute Gasteiger partial charge is 0.507 e. The fraction of sp³-hybridized carbons (Fsp3) is 0.167. The van der Waals surface area contributed by atoms with Crippen LogP contribution < -0.4 is 16.4 Å². The number of benzene rings is 2. The summed E-state index contributed by atoms with van der Waals surface area (Å²) in [6, 6.07) is 20.5. The van der Waals surface area contributed by atoms with Gasteiger partial charge in [0.25, 0.3) is 11.8 Å². The predicted molar refractivity (Wildman–Crippen MR) is 149 cm³/mol. The van der Waals surface area contributed by atoms with Crippen LogP contribution in [0.1, 0.15) is 40.1 Å². The number of aromatic hydroxyl groups is 1. The van der Waals surface area contributed by atoms with E-state index in [-0.39, 0.29) is 34.0 Å². The average Bonchev–Trinajstić information content (AvgIpc) is 2.96. The van der Waals surface area contributed by atoms with E-state index in [1.165, 1.54) is 12.3 Å². The molecule has 0 saturated heterocycles. The van der Waals surface area contributed by atoms with Gasteiger partial charge in [0.15, 0.2) is 5.82 Å². The molecule has 0 atom stereocenters. The van der Waals surface area contributed by atoms with Crippen LogP contribution in [0.25, 0.3) is 22.4 Å². The number of para-hydroxylation sites is 1. The monoisotopic (exact) mass is 520 g/mol. The number of nitrogens with two attached hydrogens (primary N) is 1. The number of carbonyl (C=O) groups excluding carboxylic acids is 2. The van der Waals surface area contributed by atoms with Crippen LogP contribution in [-0.4, -0.2) is 40.0 Å². The summed E-state index contributed by atoms with van der Waals surface area (Å²) in [5.74, 6) is -0.775. The maximum atomic E-state index is 13.0. The highest BCUT2D eigenvalue weighted by Crippen LogP contribution is 2.35. The van der Waals surface area contributed by atoms with Crippen molar-refractivity contribution in [1.29, 1.82) is 5.26 Å². The van der Waals surface area contributed by atoms with Gasteiger partial charge in [-0.3, -0.25) is 14.6 Å². The van der Waals surface area contributed by atoms with E-state index >= 15 is 0 Å². The van der Waals surface area contributed by atoms with E-state index in [1.54, 1.807) is 66.9 Å². The van der Waals surface area contributed by atoms with Gasteiger partial charge in [-0.15, -0.1) is 0 Å². The summed E-state index contributed by atoms with van der Waals surface area (Å²) in [6.45, 7) is 4.73. The molecule has 0 aliphatic heterocycles. The van der Waals surface area contributed by atoms with Crippen molar-refractivity contribution in [3.8, 4) is 34.2 Å². The first-order chi connectivity index (χ1) is 18.7. The Morgan fingerprint density at radius 3 is 2.46 bits per heavy atom. The van der Waals surface area contributed by atoms with E-state index in [9.17, 15) is 20.0 Å². The number of rotatable bonds is 8. The van der Waals surface area contributed by atoms with Crippen LogP contribution in [0.3, 0.4) is 0 Å². The van der Waals surface area contributed by atoms with Crippen LogP contribution in [0, 0.1) is 16.7 Å². The standard InChI is InChI=1S/C30H28N6O3/c1-30(2,17-32)18-34-28(38)20-8-5-7-19(13-20)23-14-25(22-10-3-4-11-26(22)37)35-27(24(23)15-31)36-29(39)21-9-6-12-33-16-21/h3-14,16,37H,17-18,32H2,1-2H3,(H,34,38)(H,35,36,39). The van der Waals surface area contributed by atoms with Crippen LogP contribution in [-0.2, 0) is 0 Å². The van der Waals surface area contributed by atoms with Gasteiger partial charge in [-0.2, -0.15) is 5.26 Å². The van der Waals surface area contributed by atoms with E-state index in [1.807, 2.05) is 13.8 Å². The number of pyridine rings is 2. The molecule has 0 radical (unpaired) electrons. The summed E-state index contributed by atoms with van der Waals surface area (Å²) in [4.78, 5) is 34.4. The molecule has 0 saturated carbocycles. The number of nitrogens with zero attached hydrogens (tertiary/aromatic N) is 3. The Kier molecular flexibility index (Phi) is 7.98. The normalized spacial score (nSPS) is 10.9. The third kappa shape index (κ3) is 6.26. The number of carbonyl (C=O) groups is 2. The highest BCUT2D eigenvalue weighted by atomic mass is 16.3. The lowest BCUT2D eigenvalue weighted by molar-refractivity contribution is 0.0937. The summed E-state index contributed by atoms with van der Waals surface area (Å²) in [6.07, 6.45) is 2.95. The molecular weight excluding hydrogens is 492 g/mol. The molecule has 4 aromatic rings. The SMILES string of the molecule is CC(C)(CN)CNC(=O)c1cccc(-c2cc(-c3ccccc3O)nc(NC(=O)c3cccnc3)c2C#N)c1. The van der Waals surface area contributed by atoms with E-state index in [0.29, 0.717) is 41.0 Å². The van der Waals surface area contributed by atoms with Gasteiger partial charge >= 0.3 is 0 Å². The fourth-order valence-corrected chi connectivity index (χ4v) is 3.80. The first-order valence-electron chi connectivity index (χ1n) is 12.3. The molecule has 0 spiro atoms. The molecule has 9 nitrogen and oxygen atoms in total. The second-order valence-electron chi connectivity index (χ2n) is 9.74. The van der Waals surface area contributed by atoms with Crippen LogP contribution in [0.5, 0.6) is 5.75 Å². The Labute approximate surface area is 226 Å². The number of phenols is 1. The van der Waals surface area contributed by atoms with E-state index in [0.717, 1.165) is 0 Å². The molecule has 196 valence electrons. The zero-order valence-electron chi connectivity index (χ0n) is 21.6. The van der Waals surface area contributed by atoms with Crippen LogP contribution in [0.2, 0.25) is 0 Å². The van der Waals surface area contributed by atoms with E-state index in [4.69, 9.17) is 5.73 Å². The summed E-state index contributed by atoms with van der Waals surface area (Å²) in [5, 5.41) is 26.3. The summed E-state index contributed by atoms with van der Waals surface area (Å²) in [5.41, 5.74) is 8.06. The zero-order valence-corrected chi connectivity index (χ0v) is 21.6. The number of aromatic nitrogens is 2. The highest BCUT2D eigenvalue weighted by molar-refractivity contribution is 6.05. The Hall–Kier alpha value is -5.07. The molecule has 2 amide bonds. The average molecular weight is 521 g/mol. The predicted octanol–water partition coefficient (Wildman–Crippen LogP) is 4.35. The number of anilines is 1. The summed E-state index contributed by atoms with van der Waals surface area (Å²) >= 11 is 0. The van der Waals surface area contributed by atoms with Gasteiger partial charge in [0.1, 0.15) is 17.4 Å². The maximum Gasteiger partial charge on any atom is 0.258 e. The van der Waals surface area contributed by atoms with E-state index < -0.39 is 5.91 Å². The summed E-state index contributed by atoms with van der Waals surface area (Å²) < 4.78 is 0. The van der Waals surface area contributed by atoms with Crippen molar-refractivity contribution in [3.05, 3.63) is 95.8 Å². The number of nitriles is 1. The minimum absolute atomic E-state index is 0.0131. The lowest BCUT2D eigenvalue weighted by Gasteiger charge is -2.22. The molecule has 0 unspecified atom stereocenters. The number of hydrogen-bond donors (Lipinski definition) is 4. The van der Waals surface area contributed by atoms with Crippen LogP contribution in [0.4, 0.5) is 5.82 Å². The molecular formula is C30H28N6O3. The van der Waals surface area contributed by atoms with Gasteiger partial charge < -0.3 is 21.5 Å². The Bertz CT molecular complexity index is 1560. The van der Waals surface area contributed by atoms with E-state index in [2.05, 4.69) is 26.7 Å². The van der Waals surface area contributed by atoms with Crippen molar-refractivity contribution in [2.24, 2.45) is 11.1 Å². The van der Waals surface area contributed by atoms with Crippen LogP contribution >= 0.6 is 0 Å². The second-order valence-corrected chi connectivity index (χ2v) is 9.74. The number of hydrogen-bond acceptors (Lipinski definition) is 7. The summed E-state index contributed by atoms with van der Waals surface area (Å²) in [7, 11) is 0. The molecule has 0 bridgehead atoms. The first-order valence-corrected chi connectivity index (χ1v) is 12.3. The quantitative estimate of drug-likeness (QED) is 0.269. The first kappa shape index (κ1) is 27.0. The molecule has 2 aromatic heterocycles. The Balaban J connectivity index is 1.81. The zero-order chi connectivity index (χ0) is 28.0. The highest BCUT2D eigenvalue weighted by Gasteiger charge is 2.21. The van der Waals surface area contributed by atoms with Crippen LogP contribution in [0.15, 0.2) is 79.1 Å². The van der Waals surface area contributed by atoms with Crippen molar-refractivity contribution < 1.29 is 14.7 Å². The molecule has 2 aromatic carbocycles. The minimum atomic E-state index is -0.497. The molecule has 0 aliphatic rings. The third-order valence-corrected chi connectivity index (χ3v) is 6.18. The topological polar surface area (TPSA) is 154 Å². The molecule has 2 heterocycles. The van der Waals surface area contributed by atoms with Gasteiger partial charge in [0.05, 0.1) is 11.3 Å². The van der Waals surface area contributed by atoms with Crippen molar-refractivity contribution in [2.75, 3.05) is 18.4 Å². The molecule has 0 aliphatic carbocycles. The Morgan fingerprint density at radius 1 is 1.00 bits per heavy atom. The maximum absolute atomic E-state index is 13.0. The molecule has 5 N–H and O–H groups in total. The van der Waals surface area contributed by atoms with Gasteiger partial charge in [-0.05, 0) is 60.0 Å².